The Morgan fingerprint density at radius 3 is 2.44 bits per heavy atom. The molecule has 32 heavy (non-hydrogen) atoms. The van der Waals surface area contributed by atoms with Crippen molar-refractivity contribution in [3.8, 4) is 0 Å². The number of ketones is 1. The highest BCUT2D eigenvalue weighted by Crippen LogP contribution is 2.09. The van der Waals surface area contributed by atoms with E-state index in [-0.39, 0.29) is 24.8 Å². The molecule has 0 aromatic carbocycles. The molecule has 1 saturated heterocycles. The molecule has 1 fully saturated rings. The maximum absolute atomic E-state index is 12.7. The molecule has 9 heteroatoms. The van der Waals surface area contributed by atoms with E-state index in [2.05, 4.69) is 35.1 Å². The van der Waals surface area contributed by atoms with E-state index in [1.165, 1.54) is 13.0 Å². The quantitative estimate of drug-likeness (QED) is 0.339. The second-order valence-electron chi connectivity index (χ2n) is 8.80. The average molecular weight is 451 g/mol. The molecule has 0 saturated carbocycles. The smallest absolute Gasteiger partial charge is 0.290 e. The normalized spacial score (nSPS) is 24.6. The van der Waals surface area contributed by atoms with Gasteiger partial charge in [-0.2, -0.15) is 0 Å². The molecule has 4 N–H and O–H groups in total. The fourth-order valence-electron chi connectivity index (χ4n) is 3.23. The number of rotatable bonds is 7. The highest BCUT2D eigenvalue weighted by molar-refractivity contribution is 6.38. The van der Waals surface area contributed by atoms with Gasteiger partial charge in [-0.15, -0.1) is 0 Å². The van der Waals surface area contributed by atoms with Crippen LogP contribution in [0.4, 0.5) is 0 Å². The van der Waals surface area contributed by atoms with Crippen LogP contribution in [-0.4, -0.2) is 54.1 Å². The lowest BCUT2D eigenvalue weighted by molar-refractivity contribution is -0.141. The van der Waals surface area contributed by atoms with Crippen LogP contribution in [0.15, 0.2) is 12.2 Å². The zero-order valence-corrected chi connectivity index (χ0v) is 19.8. The van der Waals surface area contributed by atoms with Crippen molar-refractivity contribution in [3.05, 3.63) is 12.2 Å². The molecular formula is C23H38N4O5. The molecule has 1 rings (SSSR count). The summed E-state index contributed by atoms with van der Waals surface area (Å²) in [6.45, 7) is 9.58. The van der Waals surface area contributed by atoms with Crippen LogP contribution in [0.5, 0.6) is 0 Å². The summed E-state index contributed by atoms with van der Waals surface area (Å²) in [5, 5.41) is 10.4. The molecule has 1 aliphatic heterocycles. The van der Waals surface area contributed by atoms with Crippen LogP contribution in [-0.2, 0) is 24.0 Å². The van der Waals surface area contributed by atoms with Gasteiger partial charge in [0.2, 0.25) is 23.5 Å². The van der Waals surface area contributed by atoms with Crippen molar-refractivity contribution in [2.24, 2.45) is 11.8 Å². The Kier molecular flexibility index (Phi) is 11.7. The summed E-state index contributed by atoms with van der Waals surface area (Å²) in [5.74, 6) is -2.75. The molecule has 180 valence electrons. The van der Waals surface area contributed by atoms with Crippen molar-refractivity contribution in [1.29, 1.82) is 0 Å². The first-order valence-corrected chi connectivity index (χ1v) is 11.5. The van der Waals surface area contributed by atoms with Gasteiger partial charge in [0.1, 0.15) is 12.1 Å². The zero-order valence-electron chi connectivity index (χ0n) is 19.8. The number of hydrogen-bond acceptors (Lipinski definition) is 5. The zero-order chi connectivity index (χ0) is 24.3. The predicted molar refractivity (Wildman–Crippen MR) is 121 cm³/mol. The van der Waals surface area contributed by atoms with Gasteiger partial charge in [-0.25, -0.2) is 0 Å². The Labute approximate surface area is 190 Å². The van der Waals surface area contributed by atoms with Gasteiger partial charge < -0.3 is 21.3 Å². The molecule has 1 aliphatic rings. The summed E-state index contributed by atoms with van der Waals surface area (Å²) < 4.78 is 0. The van der Waals surface area contributed by atoms with E-state index in [1.54, 1.807) is 6.08 Å². The van der Waals surface area contributed by atoms with Crippen LogP contribution < -0.4 is 21.3 Å². The summed E-state index contributed by atoms with van der Waals surface area (Å²) in [4.78, 5) is 62.4. The van der Waals surface area contributed by atoms with Crippen molar-refractivity contribution >= 4 is 29.4 Å². The van der Waals surface area contributed by atoms with E-state index >= 15 is 0 Å². The molecule has 0 spiro atoms. The number of carbonyl (C=O) groups excluding carboxylic acids is 5. The molecule has 1 heterocycles. The van der Waals surface area contributed by atoms with E-state index in [4.69, 9.17) is 0 Å². The second-order valence-corrected chi connectivity index (χ2v) is 8.80. The predicted octanol–water partition coefficient (Wildman–Crippen LogP) is 0.978. The van der Waals surface area contributed by atoms with Gasteiger partial charge in [0.15, 0.2) is 0 Å². The summed E-state index contributed by atoms with van der Waals surface area (Å²) in [5.41, 5.74) is 0. The molecule has 0 radical (unpaired) electrons. The molecule has 0 aliphatic carbocycles. The van der Waals surface area contributed by atoms with Gasteiger partial charge in [-0.3, -0.25) is 24.0 Å². The Hall–Kier alpha value is -2.71. The molecule has 0 bridgehead atoms. The van der Waals surface area contributed by atoms with E-state index in [0.717, 1.165) is 12.8 Å². The lowest BCUT2D eigenvalue weighted by Gasteiger charge is -2.23. The first-order valence-electron chi connectivity index (χ1n) is 11.5. The summed E-state index contributed by atoms with van der Waals surface area (Å²) in [7, 11) is 0. The Bertz CT molecular complexity index is 719. The summed E-state index contributed by atoms with van der Waals surface area (Å²) >= 11 is 0. The van der Waals surface area contributed by atoms with E-state index in [1.807, 2.05) is 13.8 Å². The van der Waals surface area contributed by atoms with Crippen LogP contribution in [0.1, 0.15) is 66.7 Å². The van der Waals surface area contributed by atoms with Gasteiger partial charge in [0, 0.05) is 6.54 Å². The first kappa shape index (κ1) is 27.3. The van der Waals surface area contributed by atoms with Crippen LogP contribution >= 0.6 is 0 Å². The summed E-state index contributed by atoms with van der Waals surface area (Å²) in [6, 6.07) is -2.82. The largest absolute Gasteiger partial charge is 0.354 e. The lowest BCUT2D eigenvalue weighted by atomic mass is 9.97. The molecule has 0 aromatic heterocycles. The third kappa shape index (κ3) is 9.20. The highest BCUT2D eigenvalue weighted by atomic mass is 16.2. The molecule has 9 nitrogen and oxygen atoms in total. The minimum absolute atomic E-state index is 0.170. The SMILES string of the molecule is CCC(C)[C@@H]1NC(=O)C(=O)[C@H](C)NC(=O)[C@@H](NC(=O)/C=C/CCC(C)C)CCCNC1=O. The third-order valence-corrected chi connectivity index (χ3v) is 5.54. The van der Waals surface area contributed by atoms with Crippen LogP contribution in [0, 0.1) is 11.8 Å². The number of hydrogen-bond donors (Lipinski definition) is 4. The minimum Gasteiger partial charge on any atom is -0.354 e. The van der Waals surface area contributed by atoms with E-state index in [0.29, 0.717) is 18.8 Å². The summed E-state index contributed by atoms with van der Waals surface area (Å²) in [6.07, 6.45) is 6.21. The van der Waals surface area contributed by atoms with Crippen LogP contribution in [0.25, 0.3) is 0 Å². The topological polar surface area (TPSA) is 133 Å². The number of carbonyl (C=O) groups is 5. The number of nitrogens with one attached hydrogen (secondary N) is 4. The van der Waals surface area contributed by atoms with Crippen molar-refractivity contribution < 1.29 is 24.0 Å². The Morgan fingerprint density at radius 2 is 1.81 bits per heavy atom. The van der Waals surface area contributed by atoms with Gasteiger partial charge >= 0.3 is 0 Å². The maximum Gasteiger partial charge on any atom is 0.290 e. The molecule has 0 aromatic rings. The lowest BCUT2D eigenvalue weighted by Crippen LogP contribution is -2.55. The second kappa shape index (κ2) is 13.6. The molecule has 1 unspecified atom stereocenters. The van der Waals surface area contributed by atoms with Gasteiger partial charge in [0.25, 0.3) is 5.91 Å². The fraction of sp³-hybridized carbons (Fsp3) is 0.696. The van der Waals surface area contributed by atoms with Crippen molar-refractivity contribution in [1.82, 2.24) is 21.3 Å². The number of Topliss-reactive ketones (excluding diaryl/α,β-unsaturated/α-hetero) is 1. The fourth-order valence-corrected chi connectivity index (χ4v) is 3.23. The van der Waals surface area contributed by atoms with Crippen molar-refractivity contribution in [2.75, 3.05) is 6.54 Å². The van der Waals surface area contributed by atoms with Crippen LogP contribution in [0.3, 0.4) is 0 Å². The van der Waals surface area contributed by atoms with Gasteiger partial charge in [0.05, 0.1) is 6.04 Å². The minimum atomic E-state index is -1.09. The number of allylic oxidation sites excluding steroid dienone is 1. The van der Waals surface area contributed by atoms with E-state index in [9.17, 15) is 24.0 Å². The Morgan fingerprint density at radius 1 is 1.12 bits per heavy atom. The van der Waals surface area contributed by atoms with Gasteiger partial charge in [-0.05, 0) is 50.5 Å². The molecular weight excluding hydrogens is 412 g/mol. The van der Waals surface area contributed by atoms with Crippen LogP contribution in [0.2, 0.25) is 0 Å². The van der Waals surface area contributed by atoms with Crippen molar-refractivity contribution in [3.63, 3.8) is 0 Å². The molecule has 4 amide bonds. The van der Waals surface area contributed by atoms with E-state index < -0.39 is 41.6 Å². The standard InChI is InChI=1S/C23H38N4O5/c1-6-15(4)19-22(31)24-13-9-11-17(26-18(28)12-8-7-10-14(2)3)21(30)25-16(5)20(29)23(32)27-19/h8,12,14-17,19H,6-7,9-11,13H2,1-5H3,(H,24,31)(H,25,30)(H,26,28)(H,27,32)/b12-8+/t15?,16-,17-,19-/m0/s1. The Balaban J connectivity index is 2.92. The first-order chi connectivity index (χ1) is 15.1. The number of amides is 4. The molecule has 4 atom stereocenters. The maximum atomic E-state index is 12.7. The monoisotopic (exact) mass is 450 g/mol. The highest BCUT2D eigenvalue weighted by Gasteiger charge is 2.32. The van der Waals surface area contributed by atoms with Crippen molar-refractivity contribution in [2.45, 2.75) is 84.8 Å². The average Bonchev–Trinajstić information content (AvgIpc) is 2.75. The third-order valence-electron chi connectivity index (χ3n) is 5.54. The van der Waals surface area contributed by atoms with Gasteiger partial charge in [-0.1, -0.05) is 40.2 Å².